The van der Waals surface area contributed by atoms with Gasteiger partial charge in [-0.05, 0) is 33.6 Å². The summed E-state index contributed by atoms with van der Waals surface area (Å²) in [7, 11) is 1.80. The number of amides is 3. The maximum absolute atomic E-state index is 12.3. The Morgan fingerprint density at radius 2 is 1.57 bits per heavy atom. The zero-order chi connectivity index (χ0) is 27.7. The van der Waals surface area contributed by atoms with E-state index in [1.54, 1.807) is 11.9 Å². The first-order valence-electron chi connectivity index (χ1n) is 13.5. The van der Waals surface area contributed by atoms with Crippen molar-refractivity contribution in [3.05, 3.63) is 0 Å². The van der Waals surface area contributed by atoms with E-state index < -0.39 is 5.60 Å². The Morgan fingerprint density at radius 3 is 2.22 bits per heavy atom. The zero-order valence-electron chi connectivity index (χ0n) is 23.6. The van der Waals surface area contributed by atoms with Crippen molar-refractivity contribution in [3.63, 3.8) is 0 Å². The number of likely N-dealkylation sites (N-methyl/N-ethyl adjacent to an activating group) is 1. The first-order valence-corrected chi connectivity index (χ1v) is 14.6. The average Bonchev–Trinajstić information content (AvgIpc) is 3.39. The molecule has 37 heavy (non-hydrogen) atoms. The molecular formula is C26H49N3O7S. The molecule has 3 unspecified atom stereocenters. The molecule has 2 rings (SSSR count). The molecule has 3 amide bonds. The fourth-order valence-corrected chi connectivity index (χ4v) is 5.42. The predicted octanol–water partition coefficient (Wildman–Crippen LogP) is 2.98. The minimum atomic E-state index is -0.476. The van der Waals surface area contributed by atoms with Gasteiger partial charge in [0.2, 0.25) is 5.91 Å². The molecule has 216 valence electrons. The molecule has 2 heterocycles. The summed E-state index contributed by atoms with van der Waals surface area (Å²) in [6, 6.07) is 0.417. The smallest absolute Gasteiger partial charge is 0.315 e. The van der Waals surface area contributed by atoms with E-state index in [0.29, 0.717) is 57.9 Å². The zero-order valence-corrected chi connectivity index (χ0v) is 24.5. The molecule has 0 spiro atoms. The summed E-state index contributed by atoms with van der Waals surface area (Å²) in [5.74, 6) is 0.820. The minimum absolute atomic E-state index is 0.0583. The Morgan fingerprint density at radius 1 is 0.946 bits per heavy atom. The van der Waals surface area contributed by atoms with Gasteiger partial charge in [0.1, 0.15) is 5.60 Å². The highest BCUT2D eigenvalue weighted by atomic mass is 32.2. The number of hydrogen-bond donors (Lipinski definition) is 2. The molecule has 0 saturated carbocycles. The lowest BCUT2D eigenvalue weighted by molar-refractivity contribution is -0.156. The lowest BCUT2D eigenvalue weighted by Crippen LogP contribution is -2.36. The molecule has 0 aromatic heterocycles. The Hall–Kier alpha value is -1.56. The Kier molecular flexibility index (Phi) is 16.9. The Labute approximate surface area is 227 Å². The van der Waals surface area contributed by atoms with Crippen LogP contribution in [0.4, 0.5) is 4.79 Å². The van der Waals surface area contributed by atoms with Gasteiger partial charge in [-0.2, -0.15) is 11.8 Å². The van der Waals surface area contributed by atoms with Gasteiger partial charge in [-0.1, -0.05) is 20.3 Å². The van der Waals surface area contributed by atoms with Crippen LogP contribution in [0.25, 0.3) is 0 Å². The van der Waals surface area contributed by atoms with Crippen molar-refractivity contribution in [1.82, 2.24) is 15.5 Å². The molecule has 0 aromatic carbocycles. The third-order valence-electron chi connectivity index (χ3n) is 5.68. The quantitative estimate of drug-likeness (QED) is 0.162. The molecule has 0 aliphatic carbocycles. The number of fused-ring (bicyclic) bond motifs is 1. The van der Waals surface area contributed by atoms with Gasteiger partial charge in [-0.15, -0.1) is 0 Å². The number of nitrogens with zero attached hydrogens (tertiary/aromatic N) is 1. The molecule has 2 aliphatic heterocycles. The predicted molar refractivity (Wildman–Crippen MR) is 146 cm³/mol. The second kappa shape index (κ2) is 18.7. The van der Waals surface area contributed by atoms with Crippen LogP contribution in [0.2, 0.25) is 0 Å². The van der Waals surface area contributed by atoms with Crippen molar-refractivity contribution in [1.29, 1.82) is 0 Å². The first-order chi connectivity index (χ1) is 17.7. The number of ether oxygens (including phenoxy) is 4. The number of carbonyl (C=O) groups excluding carboxylic acids is 3. The van der Waals surface area contributed by atoms with Gasteiger partial charge in [0.25, 0.3) is 0 Å². The van der Waals surface area contributed by atoms with Gasteiger partial charge >= 0.3 is 12.0 Å². The normalized spacial score (nSPS) is 20.4. The summed E-state index contributed by atoms with van der Waals surface area (Å²) in [6.45, 7) is 12.6. The number of unbranched alkanes of at least 4 members (excludes halogenated alkanes) is 1. The molecule has 2 N–H and O–H groups in total. The molecule has 0 aromatic rings. The lowest BCUT2D eigenvalue weighted by Gasteiger charge is -2.19. The summed E-state index contributed by atoms with van der Waals surface area (Å²) in [5.41, 5.74) is -0.476. The maximum atomic E-state index is 12.3. The number of urea groups is 1. The van der Waals surface area contributed by atoms with Crippen molar-refractivity contribution in [2.45, 2.75) is 89.7 Å². The summed E-state index contributed by atoms with van der Waals surface area (Å²) < 4.78 is 21.5. The third kappa shape index (κ3) is 14.8. The van der Waals surface area contributed by atoms with Gasteiger partial charge in [-0.25, -0.2) is 4.79 Å². The highest BCUT2D eigenvalue weighted by Crippen LogP contribution is 2.33. The third-order valence-corrected chi connectivity index (χ3v) is 7.19. The molecule has 2 fully saturated rings. The van der Waals surface area contributed by atoms with Crippen molar-refractivity contribution >= 4 is 29.7 Å². The molecule has 2 aliphatic rings. The van der Waals surface area contributed by atoms with E-state index in [2.05, 4.69) is 10.6 Å². The molecule has 2 saturated heterocycles. The Bertz CT molecular complexity index is 675. The van der Waals surface area contributed by atoms with E-state index in [9.17, 15) is 14.4 Å². The highest BCUT2D eigenvalue weighted by molar-refractivity contribution is 8.00. The molecule has 10 nitrogen and oxygen atoms in total. The van der Waals surface area contributed by atoms with Gasteiger partial charge in [0.15, 0.2) is 0 Å². The van der Waals surface area contributed by atoms with Gasteiger partial charge < -0.3 is 34.5 Å². The van der Waals surface area contributed by atoms with E-state index >= 15 is 0 Å². The van der Waals surface area contributed by atoms with E-state index in [0.717, 1.165) is 25.0 Å². The topological polar surface area (TPSA) is 115 Å². The molecule has 0 radical (unpaired) electrons. The average molecular weight is 548 g/mol. The summed E-state index contributed by atoms with van der Waals surface area (Å²) >= 11 is 1.90. The fourth-order valence-electron chi connectivity index (χ4n) is 3.87. The van der Waals surface area contributed by atoms with Crippen LogP contribution in [-0.2, 0) is 28.5 Å². The first kappa shape index (κ1) is 33.5. The van der Waals surface area contributed by atoms with Crippen LogP contribution in [0, 0.1) is 0 Å². The minimum Gasteiger partial charge on any atom is -0.460 e. The second-order valence-corrected chi connectivity index (χ2v) is 11.1. The highest BCUT2D eigenvalue weighted by Gasteiger charge is 2.42. The van der Waals surface area contributed by atoms with Gasteiger partial charge in [-0.3, -0.25) is 9.59 Å². The summed E-state index contributed by atoms with van der Waals surface area (Å²) in [6.07, 6.45) is 3.61. The number of carbonyl (C=O) groups is 3. The van der Waals surface area contributed by atoms with Crippen LogP contribution < -0.4 is 10.6 Å². The van der Waals surface area contributed by atoms with E-state index in [-0.39, 0.29) is 36.4 Å². The van der Waals surface area contributed by atoms with Gasteiger partial charge in [0.05, 0.1) is 58.1 Å². The Balaban J connectivity index is 0.00000334. The van der Waals surface area contributed by atoms with Crippen LogP contribution in [0.1, 0.15) is 66.7 Å². The SMILES string of the molecule is CC.CN(CCOCCOCCOCCC(=O)OC(C)(C)C)C(=O)CCCCC1SCC2NC(=O)NC21. The lowest BCUT2D eigenvalue weighted by atomic mass is 10.0. The van der Waals surface area contributed by atoms with Crippen LogP contribution in [0.5, 0.6) is 0 Å². The number of esters is 1. The van der Waals surface area contributed by atoms with Crippen molar-refractivity contribution in [2.75, 3.05) is 59.0 Å². The van der Waals surface area contributed by atoms with Crippen LogP contribution >= 0.6 is 11.8 Å². The van der Waals surface area contributed by atoms with Crippen molar-refractivity contribution in [2.24, 2.45) is 0 Å². The van der Waals surface area contributed by atoms with E-state index in [1.165, 1.54) is 0 Å². The van der Waals surface area contributed by atoms with E-state index in [1.807, 2.05) is 46.4 Å². The summed E-state index contributed by atoms with van der Waals surface area (Å²) in [4.78, 5) is 37.0. The maximum Gasteiger partial charge on any atom is 0.315 e. The number of nitrogens with one attached hydrogen (secondary N) is 2. The number of thioether (sulfide) groups is 1. The monoisotopic (exact) mass is 547 g/mol. The van der Waals surface area contributed by atoms with Crippen molar-refractivity contribution in [3.8, 4) is 0 Å². The van der Waals surface area contributed by atoms with Crippen LogP contribution in [-0.4, -0.2) is 105 Å². The standard InChI is InChI=1S/C24H43N3O7S.C2H6/c1-24(2,3)34-21(29)9-11-31-13-15-33-16-14-32-12-10-27(4)20(28)8-6-5-7-19-22-18(17-35-19)25-23(30)26-22;1-2/h18-19,22H,5-17H2,1-4H3,(H2,25,26,30);1-2H3. The summed E-state index contributed by atoms with van der Waals surface area (Å²) in [5, 5.41) is 6.39. The molecular weight excluding hydrogens is 498 g/mol. The number of hydrogen-bond acceptors (Lipinski definition) is 8. The van der Waals surface area contributed by atoms with Crippen molar-refractivity contribution < 1.29 is 33.3 Å². The van der Waals surface area contributed by atoms with Crippen LogP contribution in [0.15, 0.2) is 0 Å². The van der Waals surface area contributed by atoms with E-state index in [4.69, 9.17) is 18.9 Å². The fraction of sp³-hybridized carbons (Fsp3) is 0.885. The molecule has 11 heteroatoms. The van der Waals surface area contributed by atoms with Crippen LogP contribution in [0.3, 0.4) is 0 Å². The number of rotatable bonds is 17. The molecule has 3 atom stereocenters. The van der Waals surface area contributed by atoms with Gasteiger partial charge in [0, 0.05) is 31.0 Å². The second-order valence-electron chi connectivity index (χ2n) is 9.86. The largest absolute Gasteiger partial charge is 0.460 e. The molecule has 0 bridgehead atoms.